The van der Waals surface area contributed by atoms with Crippen LogP contribution < -0.4 is 0 Å². The lowest BCUT2D eigenvalue weighted by Crippen LogP contribution is -2.30. The van der Waals surface area contributed by atoms with Crippen molar-refractivity contribution >= 4 is 33.6 Å². The van der Waals surface area contributed by atoms with Gasteiger partial charge in [-0.2, -0.15) is 0 Å². The van der Waals surface area contributed by atoms with Gasteiger partial charge in [0.05, 0.1) is 26.4 Å². The van der Waals surface area contributed by atoms with Crippen molar-refractivity contribution in [3.05, 3.63) is 97.2 Å². The summed E-state index contributed by atoms with van der Waals surface area (Å²) >= 11 is 0. The van der Waals surface area contributed by atoms with Crippen LogP contribution in [0.4, 0.5) is 0 Å². The number of carbonyl (C=O) groups excluding carboxylic acids is 3. The Morgan fingerprint density at radius 1 is 0.239 bits per heavy atom. The zero-order valence-corrected chi connectivity index (χ0v) is 77.2. The quantitative estimate of drug-likeness (QED) is 0.0146. The van der Waals surface area contributed by atoms with Gasteiger partial charge in [-0.15, -0.1) is 0 Å². The maximum absolute atomic E-state index is 13.0. The van der Waals surface area contributed by atoms with E-state index in [-0.39, 0.29) is 19.3 Å². The fourth-order valence-electron chi connectivity index (χ4n) is 13.9. The van der Waals surface area contributed by atoms with Crippen LogP contribution in [-0.2, 0) is 55.8 Å². The molecule has 0 heterocycles. The molecular weight excluding hydrogens is 1510 g/mol. The van der Waals surface area contributed by atoms with Gasteiger partial charge >= 0.3 is 33.6 Å². The molecule has 0 saturated carbocycles. The maximum Gasteiger partial charge on any atom is 0.472 e. The highest BCUT2D eigenvalue weighted by Gasteiger charge is 2.30. The van der Waals surface area contributed by atoms with Crippen LogP contribution >= 0.6 is 15.6 Å². The fraction of sp³-hybridized carbons (Fsp3) is 0.808. The zero-order valence-electron chi connectivity index (χ0n) is 75.4. The van der Waals surface area contributed by atoms with Crippen LogP contribution in [0.25, 0.3) is 0 Å². The lowest BCUT2D eigenvalue weighted by atomic mass is 10.0. The molecular formula is C99H180O16P2. The van der Waals surface area contributed by atoms with E-state index in [0.717, 1.165) is 103 Å². The predicted molar refractivity (Wildman–Crippen MR) is 491 cm³/mol. The first-order chi connectivity index (χ1) is 57.2. The van der Waals surface area contributed by atoms with Crippen molar-refractivity contribution < 1.29 is 75.8 Å². The number of aliphatic hydroxyl groups excluding tert-OH is 2. The number of ether oxygens (including phenoxy) is 3. The average Bonchev–Trinajstić information content (AvgIpc) is 0.874. The van der Waals surface area contributed by atoms with Gasteiger partial charge in [-0.3, -0.25) is 32.5 Å². The van der Waals surface area contributed by atoms with Crippen LogP contribution in [0.2, 0.25) is 0 Å². The second-order valence-electron chi connectivity index (χ2n) is 32.9. The van der Waals surface area contributed by atoms with Crippen molar-refractivity contribution in [2.75, 3.05) is 39.6 Å². The van der Waals surface area contributed by atoms with E-state index < -0.39 is 91.5 Å². The van der Waals surface area contributed by atoms with Gasteiger partial charge in [0.2, 0.25) is 0 Å². The van der Waals surface area contributed by atoms with Crippen molar-refractivity contribution in [2.24, 2.45) is 0 Å². The number of hydrogen-bond donors (Lipinski definition) is 4. The van der Waals surface area contributed by atoms with Gasteiger partial charge in [-0.25, -0.2) is 9.13 Å². The Morgan fingerprint density at radius 3 is 0.692 bits per heavy atom. The summed E-state index contributed by atoms with van der Waals surface area (Å²) in [4.78, 5) is 59.0. The van der Waals surface area contributed by atoms with Crippen LogP contribution in [0.15, 0.2) is 97.2 Å². The van der Waals surface area contributed by atoms with E-state index in [2.05, 4.69) is 118 Å². The Bertz CT molecular complexity index is 2510. The fourth-order valence-corrected chi connectivity index (χ4v) is 15.5. The highest BCUT2D eigenvalue weighted by Crippen LogP contribution is 2.45. The molecule has 0 aliphatic rings. The van der Waals surface area contributed by atoms with Gasteiger partial charge in [0.25, 0.3) is 0 Å². The average molecular weight is 1690 g/mol. The van der Waals surface area contributed by atoms with Crippen LogP contribution in [0.5, 0.6) is 0 Å². The summed E-state index contributed by atoms with van der Waals surface area (Å²) in [6.07, 6.45) is 111. The number of aliphatic hydroxyl groups is 2. The highest BCUT2D eigenvalue weighted by molar-refractivity contribution is 7.47. The molecule has 5 unspecified atom stereocenters. The summed E-state index contributed by atoms with van der Waals surface area (Å²) in [5, 5.41) is 20.7. The number of phosphoric ester groups is 2. The lowest BCUT2D eigenvalue weighted by molar-refractivity contribution is -0.161. The Kier molecular flexibility index (Phi) is 88.9. The Morgan fingerprint density at radius 2 is 0.427 bits per heavy atom. The second-order valence-corrected chi connectivity index (χ2v) is 35.8. The summed E-state index contributed by atoms with van der Waals surface area (Å²) in [6, 6.07) is 0. The Balaban J connectivity index is 4.40. The molecule has 0 aliphatic carbocycles. The maximum atomic E-state index is 13.0. The molecule has 0 spiro atoms. The first-order valence-corrected chi connectivity index (χ1v) is 51.5. The van der Waals surface area contributed by atoms with Crippen molar-refractivity contribution in [1.82, 2.24) is 0 Å². The minimum absolute atomic E-state index is 0.111. The van der Waals surface area contributed by atoms with Crippen LogP contribution in [0.1, 0.15) is 457 Å². The predicted octanol–water partition coefficient (Wildman–Crippen LogP) is 30.0. The van der Waals surface area contributed by atoms with Crippen LogP contribution in [0, 0.1) is 0 Å². The van der Waals surface area contributed by atoms with Gasteiger partial charge in [-0.05, 0) is 109 Å². The third-order valence-electron chi connectivity index (χ3n) is 21.3. The molecule has 0 fully saturated rings. The van der Waals surface area contributed by atoms with E-state index >= 15 is 0 Å². The van der Waals surface area contributed by atoms with Crippen molar-refractivity contribution in [2.45, 2.75) is 476 Å². The molecule has 0 amide bonds. The Hall–Kier alpha value is -3.53. The van der Waals surface area contributed by atoms with Crippen molar-refractivity contribution in [3.8, 4) is 0 Å². The number of carbonyl (C=O) groups is 3. The van der Waals surface area contributed by atoms with Crippen LogP contribution in [0.3, 0.4) is 0 Å². The van der Waals surface area contributed by atoms with E-state index in [0.29, 0.717) is 19.3 Å². The van der Waals surface area contributed by atoms with Gasteiger partial charge in [-0.1, -0.05) is 426 Å². The van der Waals surface area contributed by atoms with E-state index in [1.54, 1.807) is 0 Å². The standard InChI is InChI=1S/C99H180O16P2/c1-4-7-10-13-16-19-22-25-28-30-32-34-36-38-40-42-44-46-48-50-52-54-56-58-60-62-65-67-70-73-76-79-82-85-97(102)109-88-94(100)89-111-116(105,106)112-90-95(101)91-113-117(107,108)114-93-96(115-99(104)87-84-81-78-75-72-69-64-27-24-21-18-15-12-9-6-3)92-110-98(103)86-83-80-77-74-71-68-66-63-61-59-57-55-53-51-49-47-45-43-41-39-37-35-33-31-29-26-23-20-17-14-11-8-5-2/h16-17,19-20,25-26,28-29,32-35,38-41,94-96,100-101H,4-15,18,21-24,27,30-31,36-37,42-93H2,1-3H3,(H,105,106)(H,107,108)/b19-16-,20-17-,28-25-,29-26-,34-32-,35-33-,40-38-,41-39-. The third-order valence-corrected chi connectivity index (χ3v) is 23.2. The molecule has 0 aliphatic heterocycles. The monoisotopic (exact) mass is 1690 g/mol. The topological polar surface area (TPSA) is 231 Å². The molecule has 0 aromatic heterocycles. The Labute approximate surface area is 718 Å². The molecule has 682 valence electrons. The SMILES string of the molecule is CCCCC/C=C\C/C=C\C/C=C\C/C=C\CCCCCCCCCCCCCCCCCCCC(=O)OCC(O)COP(=O)(O)OCC(O)COP(=O)(O)OCC(COC(=O)CCCCCCCCCCCCCCCCCCC/C=C\C/C=C\C/C=C\C/C=C\CCCCC)OC(=O)CCCCCCCCCCCCCCCCC. The summed E-state index contributed by atoms with van der Waals surface area (Å²) in [6.45, 7) is 2.73. The van der Waals surface area contributed by atoms with Crippen molar-refractivity contribution in [1.29, 1.82) is 0 Å². The summed E-state index contributed by atoms with van der Waals surface area (Å²) in [5.74, 6) is -1.54. The number of rotatable bonds is 93. The number of hydrogen-bond acceptors (Lipinski definition) is 14. The molecule has 0 aromatic rings. The first-order valence-electron chi connectivity index (χ1n) is 48.5. The molecule has 0 saturated heterocycles. The highest BCUT2D eigenvalue weighted by atomic mass is 31.2. The van der Waals surface area contributed by atoms with Crippen molar-refractivity contribution in [3.63, 3.8) is 0 Å². The number of allylic oxidation sites excluding steroid dienone is 16. The summed E-state index contributed by atoms with van der Waals surface area (Å²) in [7, 11) is -9.79. The summed E-state index contributed by atoms with van der Waals surface area (Å²) in [5.41, 5.74) is 0. The number of phosphoric acid groups is 2. The van der Waals surface area contributed by atoms with Gasteiger partial charge in [0.1, 0.15) is 25.4 Å². The van der Waals surface area contributed by atoms with Crippen LogP contribution in [-0.4, -0.2) is 95.9 Å². The smallest absolute Gasteiger partial charge is 0.463 e. The second kappa shape index (κ2) is 91.7. The summed E-state index contributed by atoms with van der Waals surface area (Å²) < 4.78 is 61.5. The van der Waals surface area contributed by atoms with E-state index in [4.69, 9.17) is 32.3 Å². The van der Waals surface area contributed by atoms with Gasteiger partial charge in [0, 0.05) is 19.3 Å². The van der Waals surface area contributed by atoms with E-state index in [1.165, 1.54) is 295 Å². The lowest BCUT2D eigenvalue weighted by Gasteiger charge is -2.21. The van der Waals surface area contributed by atoms with E-state index in [1.807, 2.05) is 0 Å². The zero-order chi connectivity index (χ0) is 85.1. The normalized spacial score (nSPS) is 14.1. The molecule has 117 heavy (non-hydrogen) atoms. The third kappa shape index (κ3) is 93.0. The minimum Gasteiger partial charge on any atom is -0.463 e. The molecule has 0 radical (unpaired) electrons. The number of esters is 3. The molecule has 0 rings (SSSR count). The number of unbranched alkanes of at least 4 members (excludes halogenated alkanes) is 54. The largest absolute Gasteiger partial charge is 0.472 e. The molecule has 0 aromatic carbocycles. The van der Waals surface area contributed by atoms with Gasteiger partial charge in [0.15, 0.2) is 6.10 Å². The first kappa shape index (κ1) is 113. The van der Waals surface area contributed by atoms with E-state index in [9.17, 15) is 43.5 Å². The van der Waals surface area contributed by atoms with Gasteiger partial charge < -0.3 is 34.2 Å². The minimum atomic E-state index is -4.93. The molecule has 0 bridgehead atoms. The molecule has 18 heteroatoms. The molecule has 16 nitrogen and oxygen atoms in total. The molecule has 5 atom stereocenters. The molecule has 4 N–H and O–H groups in total.